The molecule has 0 saturated carbocycles. The Labute approximate surface area is 100 Å². The Kier molecular flexibility index (Phi) is 5.46. The molecule has 0 N–H and O–H groups in total. The highest BCUT2D eigenvalue weighted by Gasteiger charge is 2.24. The molecule has 0 saturated heterocycles. The summed E-state index contributed by atoms with van der Waals surface area (Å²) in [7, 11) is -0.920. The number of halogens is 1. The monoisotopic (exact) mass is 264 g/mol. The summed E-state index contributed by atoms with van der Waals surface area (Å²) in [5.74, 6) is 0. The molecule has 1 aromatic carbocycles. The van der Waals surface area contributed by atoms with Crippen LogP contribution in [0.3, 0.4) is 0 Å². The minimum Gasteiger partial charge on any atom is -0.290 e. The molecule has 0 bridgehead atoms. The highest BCUT2D eigenvalue weighted by Crippen LogP contribution is 2.48. The van der Waals surface area contributed by atoms with Gasteiger partial charge in [-0.1, -0.05) is 30.3 Å². The van der Waals surface area contributed by atoms with Crippen LogP contribution in [-0.4, -0.2) is 20.8 Å². The molecule has 0 heterocycles. The van der Waals surface area contributed by atoms with Crippen LogP contribution in [0.15, 0.2) is 30.3 Å². The van der Waals surface area contributed by atoms with Crippen molar-refractivity contribution >= 4 is 19.4 Å². The lowest BCUT2D eigenvalue weighted by atomic mass is 10.2. The van der Waals surface area contributed by atoms with Gasteiger partial charge in [-0.15, -0.1) is 11.6 Å². The van der Waals surface area contributed by atoms with Crippen molar-refractivity contribution in [1.82, 2.24) is 0 Å². The lowest BCUT2D eigenvalue weighted by Gasteiger charge is -2.15. The number of hydrogen-bond acceptors (Lipinski definition) is 4. The Balaban J connectivity index is 2.53. The van der Waals surface area contributed by atoms with Crippen molar-refractivity contribution in [2.45, 2.75) is 5.38 Å². The average Bonchev–Trinajstić information content (AvgIpc) is 2.36. The van der Waals surface area contributed by atoms with Crippen LogP contribution in [0.5, 0.6) is 0 Å². The Morgan fingerprint density at radius 3 is 2.31 bits per heavy atom. The van der Waals surface area contributed by atoms with Crippen molar-refractivity contribution < 1.29 is 18.1 Å². The highest BCUT2D eigenvalue weighted by molar-refractivity contribution is 7.48. The van der Waals surface area contributed by atoms with Crippen LogP contribution in [0.4, 0.5) is 0 Å². The van der Waals surface area contributed by atoms with E-state index < -0.39 is 7.82 Å². The van der Waals surface area contributed by atoms with Gasteiger partial charge in [0.15, 0.2) is 0 Å². The van der Waals surface area contributed by atoms with Crippen molar-refractivity contribution in [3.05, 3.63) is 35.9 Å². The third kappa shape index (κ3) is 3.89. The fourth-order valence-electron chi connectivity index (χ4n) is 1.09. The smallest absolute Gasteiger partial charge is 0.290 e. The molecule has 0 aliphatic rings. The van der Waals surface area contributed by atoms with Crippen molar-refractivity contribution in [3.8, 4) is 0 Å². The van der Waals surface area contributed by atoms with Crippen LogP contribution in [0.2, 0.25) is 0 Å². The second-order valence-corrected chi connectivity index (χ2v) is 5.40. The maximum atomic E-state index is 11.6. The summed E-state index contributed by atoms with van der Waals surface area (Å²) in [4.78, 5) is 0. The Morgan fingerprint density at radius 1 is 1.25 bits per heavy atom. The summed E-state index contributed by atoms with van der Waals surface area (Å²) in [6, 6.07) is 9.37. The first kappa shape index (κ1) is 13.7. The maximum absolute atomic E-state index is 11.6. The van der Waals surface area contributed by atoms with Gasteiger partial charge < -0.3 is 0 Å². The van der Waals surface area contributed by atoms with E-state index in [9.17, 15) is 4.57 Å². The molecule has 0 aliphatic carbocycles. The third-order valence-electron chi connectivity index (χ3n) is 1.99. The first-order valence-corrected chi connectivity index (χ1v) is 6.56. The predicted molar refractivity (Wildman–Crippen MR) is 62.6 cm³/mol. The Morgan fingerprint density at radius 2 is 1.81 bits per heavy atom. The lowest BCUT2D eigenvalue weighted by Crippen LogP contribution is -2.03. The summed E-state index contributed by atoms with van der Waals surface area (Å²) < 4.78 is 25.8. The van der Waals surface area contributed by atoms with Crippen LogP contribution < -0.4 is 0 Å². The van der Waals surface area contributed by atoms with Crippen molar-refractivity contribution in [1.29, 1.82) is 0 Å². The molecule has 16 heavy (non-hydrogen) atoms. The first-order valence-electron chi connectivity index (χ1n) is 4.66. The molecular weight excluding hydrogens is 251 g/mol. The third-order valence-corrected chi connectivity index (χ3v) is 3.73. The molecule has 0 spiro atoms. The van der Waals surface area contributed by atoms with Gasteiger partial charge in [0.25, 0.3) is 0 Å². The number of hydrogen-bond donors (Lipinski definition) is 0. The molecule has 0 amide bonds. The molecule has 1 atom stereocenters. The quantitative estimate of drug-likeness (QED) is 0.584. The van der Waals surface area contributed by atoms with Gasteiger partial charge in [-0.05, 0) is 5.56 Å². The van der Waals surface area contributed by atoms with E-state index in [0.29, 0.717) is 0 Å². The maximum Gasteiger partial charge on any atom is 0.474 e. The summed E-state index contributed by atoms with van der Waals surface area (Å²) in [5.41, 5.74) is 0.892. The van der Waals surface area contributed by atoms with Gasteiger partial charge in [-0.2, -0.15) is 0 Å². The second kappa shape index (κ2) is 6.38. The molecular formula is C10H14ClO4P. The van der Waals surface area contributed by atoms with Crippen molar-refractivity contribution in [2.24, 2.45) is 0 Å². The van der Waals surface area contributed by atoms with E-state index in [1.165, 1.54) is 14.2 Å². The van der Waals surface area contributed by atoms with E-state index in [4.69, 9.17) is 16.1 Å². The average molecular weight is 265 g/mol. The van der Waals surface area contributed by atoms with Gasteiger partial charge >= 0.3 is 7.82 Å². The van der Waals surface area contributed by atoms with E-state index in [1.807, 2.05) is 30.3 Å². The fraction of sp³-hybridized carbons (Fsp3) is 0.400. The SMILES string of the molecule is COP(=O)(OC)OC[C@@H](Cl)c1ccccc1. The molecule has 1 rings (SSSR count). The van der Waals surface area contributed by atoms with Crippen molar-refractivity contribution in [2.75, 3.05) is 20.8 Å². The molecule has 6 heteroatoms. The number of rotatable bonds is 6. The Hall–Kier alpha value is -0.380. The van der Waals surface area contributed by atoms with Gasteiger partial charge in [0.1, 0.15) is 0 Å². The van der Waals surface area contributed by atoms with Crippen LogP contribution in [0.25, 0.3) is 0 Å². The van der Waals surface area contributed by atoms with E-state index in [1.54, 1.807) is 0 Å². The minimum atomic E-state index is -3.44. The number of benzene rings is 1. The lowest BCUT2D eigenvalue weighted by molar-refractivity contribution is 0.152. The molecule has 4 nitrogen and oxygen atoms in total. The van der Waals surface area contributed by atoms with Gasteiger partial charge in [0.2, 0.25) is 0 Å². The van der Waals surface area contributed by atoms with Crippen LogP contribution >= 0.6 is 19.4 Å². The standard InChI is InChI=1S/C10H14ClO4P/c1-13-16(12,14-2)15-8-10(11)9-6-4-3-5-7-9/h3-7,10H,8H2,1-2H3/t10-/m1/s1. The van der Waals surface area contributed by atoms with Gasteiger partial charge in [-0.25, -0.2) is 4.57 Å². The first-order chi connectivity index (χ1) is 7.61. The van der Waals surface area contributed by atoms with E-state index in [2.05, 4.69) is 9.05 Å². The highest BCUT2D eigenvalue weighted by atomic mass is 35.5. The molecule has 0 unspecified atom stereocenters. The number of phosphoric acid groups is 1. The zero-order valence-electron chi connectivity index (χ0n) is 9.13. The van der Waals surface area contributed by atoms with Crippen LogP contribution in [0.1, 0.15) is 10.9 Å². The molecule has 90 valence electrons. The number of phosphoric ester groups is 1. The molecule has 0 fully saturated rings. The van der Waals surface area contributed by atoms with E-state index in [-0.39, 0.29) is 12.0 Å². The summed E-state index contributed by atoms with van der Waals surface area (Å²) >= 11 is 6.07. The topological polar surface area (TPSA) is 44.8 Å². The van der Waals surface area contributed by atoms with Gasteiger partial charge in [0.05, 0.1) is 12.0 Å². The van der Waals surface area contributed by atoms with Gasteiger partial charge in [0, 0.05) is 14.2 Å². The molecule has 1 aromatic rings. The zero-order valence-corrected chi connectivity index (χ0v) is 10.8. The van der Waals surface area contributed by atoms with E-state index >= 15 is 0 Å². The predicted octanol–water partition coefficient (Wildman–Crippen LogP) is 3.38. The van der Waals surface area contributed by atoms with E-state index in [0.717, 1.165) is 5.56 Å². The summed E-state index contributed by atoms with van der Waals surface area (Å²) in [6.07, 6.45) is 0. The van der Waals surface area contributed by atoms with Gasteiger partial charge in [-0.3, -0.25) is 13.6 Å². The fourth-order valence-corrected chi connectivity index (χ4v) is 2.08. The Bertz CT molecular complexity index is 349. The summed E-state index contributed by atoms with van der Waals surface area (Å²) in [6.45, 7) is 0.0600. The minimum absolute atomic E-state index is 0.0600. The van der Waals surface area contributed by atoms with Crippen molar-refractivity contribution in [3.63, 3.8) is 0 Å². The zero-order chi connectivity index (χ0) is 12.0. The molecule has 0 aliphatic heterocycles. The summed E-state index contributed by atoms with van der Waals surface area (Å²) in [5, 5.41) is -0.389. The normalized spacial score (nSPS) is 13.7. The van der Waals surface area contributed by atoms with Crippen LogP contribution in [0, 0.1) is 0 Å². The molecule has 0 aromatic heterocycles. The number of alkyl halides is 1. The second-order valence-electron chi connectivity index (χ2n) is 2.99. The molecule has 0 radical (unpaired) electrons. The largest absolute Gasteiger partial charge is 0.474 e. The van der Waals surface area contributed by atoms with Crippen LogP contribution in [-0.2, 0) is 18.1 Å².